The number of carbonyl (C=O) groups is 1. The molecule has 0 saturated carbocycles. The molecule has 0 atom stereocenters. The van der Waals surface area contributed by atoms with Crippen LogP contribution in [-0.2, 0) is 11.3 Å². The first-order chi connectivity index (χ1) is 12.6. The maximum absolute atomic E-state index is 11.8. The first-order valence-corrected chi connectivity index (χ1v) is 7.85. The molecular formula is C16H16N8O2. The van der Waals surface area contributed by atoms with Gasteiger partial charge in [-0.15, -0.1) is 0 Å². The summed E-state index contributed by atoms with van der Waals surface area (Å²) in [6.07, 6.45) is 6.54. The van der Waals surface area contributed by atoms with Gasteiger partial charge in [0.05, 0.1) is 24.3 Å². The van der Waals surface area contributed by atoms with Gasteiger partial charge in [0.25, 0.3) is 0 Å². The zero-order chi connectivity index (χ0) is 18.1. The molecule has 0 spiro atoms. The molecule has 0 unspecified atom stereocenters. The zero-order valence-electron chi connectivity index (χ0n) is 14.2. The second kappa shape index (κ2) is 6.31. The number of anilines is 2. The van der Waals surface area contributed by atoms with Crippen LogP contribution in [0.3, 0.4) is 0 Å². The molecule has 2 N–H and O–H groups in total. The molecule has 4 aromatic heterocycles. The van der Waals surface area contributed by atoms with Gasteiger partial charge in [-0.1, -0.05) is 0 Å². The van der Waals surface area contributed by atoms with Crippen molar-refractivity contribution in [1.82, 2.24) is 34.8 Å². The third-order valence-corrected chi connectivity index (χ3v) is 3.73. The summed E-state index contributed by atoms with van der Waals surface area (Å²) in [5.41, 5.74) is 2.01. The van der Waals surface area contributed by atoms with Crippen molar-refractivity contribution in [1.29, 1.82) is 0 Å². The summed E-state index contributed by atoms with van der Waals surface area (Å²) in [5, 5.41) is 14.3. The number of aromatic amines is 1. The summed E-state index contributed by atoms with van der Waals surface area (Å²) in [5.74, 6) is 1.50. The first kappa shape index (κ1) is 15.8. The number of rotatable bonds is 5. The van der Waals surface area contributed by atoms with Crippen LogP contribution in [-0.4, -0.2) is 54.8 Å². The molecule has 4 heterocycles. The van der Waals surface area contributed by atoms with Crippen LogP contribution in [0, 0.1) is 0 Å². The molecule has 4 rings (SSSR count). The summed E-state index contributed by atoms with van der Waals surface area (Å²) in [6, 6.07) is 3.56. The molecular weight excluding hydrogens is 336 g/mol. The number of likely N-dealkylation sites (N-methyl/N-ethyl adjacent to an activating group) is 1. The molecule has 0 aliphatic carbocycles. The van der Waals surface area contributed by atoms with E-state index in [0.29, 0.717) is 34.1 Å². The zero-order valence-corrected chi connectivity index (χ0v) is 14.2. The monoisotopic (exact) mass is 352 g/mol. The number of hydrogen-bond donors (Lipinski definition) is 2. The fourth-order valence-corrected chi connectivity index (χ4v) is 2.38. The third-order valence-electron chi connectivity index (χ3n) is 3.73. The molecule has 10 nitrogen and oxygen atoms in total. The van der Waals surface area contributed by atoms with Gasteiger partial charge in [-0.25, -0.2) is 9.97 Å². The topological polar surface area (TPSA) is 118 Å². The Labute approximate surface area is 147 Å². The van der Waals surface area contributed by atoms with Crippen LogP contribution >= 0.6 is 0 Å². The van der Waals surface area contributed by atoms with Gasteiger partial charge in [-0.2, -0.15) is 10.2 Å². The minimum atomic E-state index is -0.0437. The van der Waals surface area contributed by atoms with E-state index >= 15 is 0 Å². The van der Waals surface area contributed by atoms with Gasteiger partial charge >= 0.3 is 0 Å². The summed E-state index contributed by atoms with van der Waals surface area (Å²) in [6.45, 7) is 0.162. The maximum atomic E-state index is 11.8. The van der Waals surface area contributed by atoms with Crippen molar-refractivity contribution in [2.75, 3.05) is 19.4 Å². The number of amides is 1. The molecule has 10 heteroatoms. The highest BCUT2D eigenvalue weighted by molar-refractivity contribution is 5.88. The van der Waals surface area contributed by atoms with E-state index in [1.54, 1.807) is 55.8 Å². The molecule has 0 aliphatic heterocycles. The lowest BCUT2D eigenvalue weighted by atomic mass is 10.3. The number of hydrogen-bond acceptors (Lipinski definition) is 7. The molecule has 0 bridgehead atoms. The van der Waals surface area contributed by atoms with Crippen molar-refractivity contribution in [3.63, 3.8) is 0 Å². The summed E-state index contributed by atoms with van der Waals surface area (Å²) < 4.78 is 6.94. The lowest BCUT2D eigenvalue weighted by molar-refractivity contribution is -0.129. The Morgan fingerprint density at radius 2 is 2.23 bits per heavy atom. The number of aromatic nitrogens is 6. The Hall–Kier alpha value is -3.69. The van der Waals surface area contributed by atoms with Crippen molar-refractivity contribution in [2.45, 2.75) is 6.54 Å². The van der Waals surface area contributed by atoms with Crippen LogP contribution in [0.5, 0.6) is 0 Å². The van der Waals surface area contributed by atoms with E-state index in [-0.39, 0.29) is 12.5 Å². The predicted octanol–water partition coefficient (Wildman–Crippen LogP) is 1.64. The van der Waals surface area contributed by atoms with Gasteiger partial charge in [0.1, 0.15) is 17.6 Å². The van der Waals surface area contributed by atoms with E-state index in [4.69, 9.17) is 4.42 Å². The number of furan rings is 1. The van der Waals surface area contributed by atoms with Gasteiger partial charge in [0, 0.05) is 20.3 Å². The van der Waals surface area contributed by atoms with E-state index in [0.717, 1.165) is 0 Å². The second-order valence-corrected chi connectivity index (χ2v) is 5.84. The van der Waals surface area contributed by atoms with Crippen LogP contribution in [0.4, 0.5) is 11.5 Å². The second-order valence-electron chi connectivity index (χ2n) is 5.84. The van der Waals surface area contributed by atoms with Crippen molar-refractivity contribution < 1.29 is 9.21 Å². The third kappa shape index (κ3) is 2.99. The van der Waals surface area contributed by atoms with E-state index < -0.39 is 0 Å². The molecule has 1 amide bonds. The molecule has 0 fully saturated rings. The Bertz CT molecular complexity index is 1050. The van der Waals surface area contributed by atoms with Crippen LogP contribution in [0.15, 0.2) is 41.4 Å². The van der Waals surface area contributed by atoms with Gasteiger partial charge < -0.3 is 14.6 Å². The highest BCUT2D eigenvalue weighted by atomic mass is 16.3. The number of nitrogens with one attached hydrogen (secondary N) is 2. The standard InChI is InChI=1S/C16H16N8O2/c1-23(2)13(25)9-24-8-10(6-18-24)19-16-14-11(7-17-22-14)20-15(21-16)12-4-3-5-26-12/h3-8H,9H2,1-2H3,(H,17,22)(H,19,20,21). The molecule has 0 aromatic carbocycles. The molecule has 26 heavy (non-hydrogen) atoms. The average molecular weight is 352 g/mol. The normalized spacial score (nSPS) is 11.0. The summed E-state index contributed by atoms with van der Waals surface area (Å²) in [4.78, 5) is 22.3. The highest BCUT2D eigenvalue weighted by Crippen LogP contribution is 2.25. The number of fused-ring (bicyclic) bond motifs is 1. The van der Waals surface area contributed by atoms with Gasteiger partial charge in [-0.05, 0) is 12.1 Å². The van der Waals surface area contributed by atoms with Crippen molar-refractivity contribution in [3.8, 4) is 11.6 Å². The highest BCUT2D eigenvalue weighted by Gasteiger charge is 2.14. The lowest BCUT2D eigenvalue weighted by Crippen LogP contribution is -2.26. The fourth-order valence-electron chi connectivity index (χ4n) is 2.38. The van der Waals surface area contributed by atoms with Gasteiger partial charge in [0.2, 0.25) is 5.91 Å². The van der Waals surface area contributed by atoms with Crippen LogP contribution in [0.1, 0.15) is 0 Å². The first-order valence-electron chi connectivity index (χ1n) is 7.85. The molecule has 132 valence electrons. The Morgan fingerprint density at radius 1 is 1.35 bits per heavy atom. The maximum Gasteiger partial charge on any atom is 0.243 e. The van der Waals surface area contributed by atoms with E-state index in [1.165, 1.54) is 4.90 Å². The number of nitrogens with zero attached hydrogens (tertiary/aromatic N) is 6. The van der Waals surface area contributed by atoms with E-state index in [2.05, 4.69) is 30.6 Å². The Kier molecular flexibility index (Phi) is 3.84. The smallest absolute Gasteiger partial charge is 0.243 e. The summed E-state index contributed by atoms with van der Waals surface area (Å²) in [7, 11) is 3.41. The predicted molar refractivity (Wildman–Crippen MR) is 93.6 cm³/mol. The number of H-pyrrole nitrogens is 1. The van der Waals surface area contributed by atoms with Gasteiger partial charge in [0.15, 0.2) is 17.4 Å². The van der Waals surface area contributed by atoms with Crippen LogP contribution in [0.2, 0.25) is 0 Å². The summed E-state index contributed by atoms with van der Waals surface area (Å²) >= 11 is 0. The Morgan fingerprint density at radius 3 is 3.00 bits per heavy atom. The van der Waals surface area contributed by atoms with Crippen molar-refractivity contribution >= 4 is 28.4 Å². The molecule has 0 saturated heterocycles. The molecule has 0 radical (unpaired) electrons. The fraction of sp³-hybridized carbons (Fsp3) is 0.188. The Balaban J connectivity index is 1.64. The minimum absolute atomic E-state index is 0.0437. The van der Waals surface area contributed by atoms with Crippen molar-refractivity contribution in [3.05, 3.63) is 37.0 Å². The largest absolute Gasteiger partial charge is 0.461 e. The van der Waals surface area contributed by atoms with Crippen molar-refractivity contribution in [2.24, 2.45) is 0 Å². The van der Waals surface area contributed by atoms with E-state index in [9.17, 15) is 4.79 Å². The van der Waals surface area contributed by atoms with Crippen LogP contribution < -0.4 is 5.32 Å². The average Bonchev–Trinajstić information content (AvgIpc) is 3.36. The van der Waals surface area contributed by atoms with Crippen LogP contribution in [0.25, 0.3) is 22.6 Å². The van der Waals surface area contributed by atoms with E-state index in [1.807, 2.05) is 0 Å². The number of carbonyl (C=O) groups excluding carboxylic acids is 1. The quantitative estimate of drug-likeness (QED) is 0.560. The lowest BCUT2D eigenvalue weighted by Gasteiger charge is -2.09. The molecule has 0 aliphatic rings. The molecule has 4 aromatic rings. The SMILES string of the molecule is CN(C)C(=O)Cn1cc(Nc2nc(-c3ccco3)nc3cn[nH]c23)cn1. The van der Waals surface area contributed by atoms with Gasteiger partial charge in [-0.3, -0.25) is 14.6 Å². The minimum Gasteiger partial charge on any atom is -0.461 e.